The predicted octanol–water partition coefficient (Wildman–Crippen LogP) is 3.02. The number of rotatable bonds is 3. The van der Waals surface area contributed by atoms with Crippen LogP contribution in [0.4, 0.5) is 0 Å². The molecule has 1 N–H and O–H groups in total. The number of hydrogen-bond acceptors (Lipinski definition) is 3. The summed E-state index contributed by atoms with van der Waals surface area (Å²) in [4.78, 5) is 16.8. The lowest BCUT2D eigenvalue weighted by atomic mass is 10.2. The van der Waals surface area contributed by atoms with Gasteiger partial charge in [-0.15, -0.1) is 0 Å². The lowest BCUT2D eigenvalue weighted by molar-refractivity contribution is 0.0948. The fraction of sp³-hybridized carbons (Fsp3) is 0.167. The maximum Gasteiger partial charge on any atom is 0.290 e. The van der Waals surface area contributed by atoms with Crippen LogP contribution < -0.4 is 5.43 Å². The molecule has 0 bridgehead atoms. The number of benzene rings is 1. The zero-order valence-corrected chi connectivity index (χ0v) is 13.4. The zero-order valence-electron chi connectivity index (χ0n) is 13.4. The quantitative estimate of drug-likeness (QED) is 0.597. The van der Waals surface area contributed by atoms with Crippen LogP contribution in [0.1, 0.15) is 32.9 Å². The summed E-state index contributed by atoms with van der Waals surface area (Å²) in [7, 11) is 0. The number of nitrogens with one attached hydrogen (secondary N) is 1. The minimum absolute atomic E-state index is 0.276. The smallest absolute Gasteiger partial charge is 0.290 e. The minimum Gasteiger partial charge on any atom is -0.295 e. The van der Waals surface area contributed by atoms with Gasteiger partial charge in [-0.3, -0.25) is 9.20 Å². The van der Waals surface area contributed by atoms with Gasteiger partial charge in [-0.2, -0.15) is 5.10 Å². The van der Waals surface area contributed by atoms with E-state index in [1.807, 2.05) is 63.4 Å². The molecule has 0 aliphatic rings. The molecule has 0 aliphatic carbocycles. The Morgan fingerprint density at radius 1 is 1.13 bits per heavy atom. The van der Waals surface area contributed by atoms with E-state index in [1.165, 1.54) is 5.56 Å². The van der Waals surface area contributed by atoms with Crippen molar-refractivity contribution in [1.29, 1.82) is 0 Å². The van der Waals surface area contributed by atoms with Crippen molar-refractivity contribution < 1.29 is 4.79 Å². The molecule has 116 valence electrons. The van der Waals surface area contributed by atoms with E-state index in [0.29, 0.717) is 11.4 Å². The van der Waals surface area contributed by atoms with Gasteiger partial charge in [-0.05, 0) is 44.0 Å². The topological polar surface area (TPSA) is 58.8 Å². The first kappa shape index (κ1) is 15.0. The molecule has 5 nitrogen and oxygen atoms in total. The molecule has 3 aromatic rings. The standard InChI is InChI=1S/C18H18N4O/c1-12-4-6-15(7-5-12)11-19-21-18(23)17-14(3)20-16-10-13(2)8-9-22(16)17/h4-11H,1-3H3,(H,21,23). The Balaban J connectivity index is 1.81. The third-order valence-corrected chi connectivity index (χ3v) is 3.63. The molecule has 1 amide bonds. The number of carbonyl (C=O) groups excluding carboxylic acids is 1. The third kappa shape index (κ3) is 3.13. The van der Waals surface area contributed by atoms with Crippen molar-refractivity contribution in [1.82, 2.24) is 14.8 Å². The second-order valence-electron chi connectivity index (χ2n) is 5.59. The summed E-state index contributed by atoms with van der Waals surface area (Å²) in [5.41, 5.74) is 7.72. The first-order valence-corrected chi connectivity index (χ1v) is 7.40. The van der Waals surface area contributed by atoms with Crippen molar-refractivity contribution in [3.05, 3.63) is 70.7 Å². The lowest BCUT2D eigenvalue weighted by Crippen LogP contribution is -2.20. The Kier molecular flexibility index (Phi) is 3.93. The van der Waals surface area contributed by atoms with E-state index in [2.05, 4.69) is 15.5 Å². The molecule has 0 radical (unpaired) electrons. The number of amides is 1. The van der Waals surface area contributed by atoms with Crippen LogP contribution in [0.3, 0.4) is 0 Å². The van der Waals surface area contributed by atoms with E-state index in [9.17, 15) is 4.79 Å². The van der Waals surface area contributed by atoms with Crippen LogP contribution in [0.2, 0.25) is 0 Å². The van der Waals surface area contributed by atoms with Crippen LogP contribution in [0.15, 0.2) is 47.7 Å². The van der Waals surface area contributed by atoms with Crippen LogP contribution in [-0.4, -0.2) is 21.5 Å². The van der Waals surface area contributed by atoms with Crippen LogP contribution in [-0.2, 0) is 0 Å². The van der Waals surface area contributed by atoms with Crippen LogP contribution in [0, 0.1) is 20.8 Å². The highest BCUT2D eigenvalue weighted by Gasteiger charge is 2.15. The van der Waals surface area contributed by atoms with Crippen molar-refractivity contribution in [3.63, 3.8) is 0 Å². The molecule has 3 rings (SSSR count). The Morgan fingerprint density at radius 3 is 2.61 bits per heavy atom. The molecular weight excluding hydrogens is 288 g/mol. The Morgan fingerprint density at radius 2 is 1.87 bits per heavy atom. The van der Waals surface area contributed by atoms with E-state index in [-0.39, 0.29) is 5.91 Å². The number of fused-ring (bicyclic) bond motifs is 1. The summed E-state index contributed by atoms with van der Waals surface area (Å²) >= 11 is 0. The molecule has 5 heteroatoms. The third-order valence-electron chi connectivity index (χ3n) is 3.63. The van der Waals surface area contributed by atoms with Gasteiger partial charge >= 0.3 is 0 Å². The summed E-state index contributed by atoms with van der Waals surface area (Å²) < 4.78 is 1.78. The van der Waals surface area contributed by atoms with Gasteiger partial charge < -0.3 is 0 Å². The molecule has 23 heavy (non-hydrogen) atoms. The molecule has 0 aliphatic heterocycles. The minimum atomic E-state index is -0.276. The van der Waals surface area contributed by atoms with E-state index < -0.39 is 0 Å². The lowest BCUT2D eigenvalue weighted by Gasteiger charge is -2.02. The molecular formula is C18H18N4O. The fourth-order valence-corrected chi connectivity index (χ4v) is 2.41. The molecule has 0 saturated carbocycles. The van der Waals surface area contributed by atoms with Gasteiger partial charge in [0.05, 0.1) is 11.9 Å². The summed E-state index contributed by atoms with van der Waals surface area (Å²) in [6, 6.07) is 11.8. The highest BCUT2D eigenvalue weighted by atomic mass is 16.2. The van der Waals surface area contributed by atoms with Crippen molar-refractivity contribution in [2.75, 3.05) is 0 Å². The molecule has 0 unspecified atom stereocenters. The van der Waals surface area contributed by atoms with E-state index in [1.54, 1.807) is 10.6 Å². The first-order chi connectivity index (χ1) is 11.0. The van der Waals surface area contributed by atoms with Gasteiger partial charge in [-0.25, -0.2) is 10.4 Å². The number of imidazole rings is 1. The number of carbonyl (C=O) groups is 1. The summed E-state index contributed by atoms with van der Waals surface area (Å²) in [5.74, 6) is -0.276. The summed E-state index contributed by atoms with van der Waals surface area (Å²) in [5, 5.41) is 4.03. The van der Waals surface area contributed by atoms with E-state index >= 15 is 0 Å². The van der Waals surface area contributed by atoms with Crippen LogP contribution in [0.5, 0.6) is 0 Å². The maximum absolute atomic E-state index is 12.4. The van der Waals surface area contributed by atoms with Crippen molar-refractivity contribution in [2.45, 2.75) is 20.8 Å². The number of aryl methyl sites for hydroxylation is 3. The molecule has 1 aromatic carbocycles. The number of pyridine rings is 1. The number of hydrogen-bond donors (Lipinski definition) is 1. The second kappa shape index (κ2) is 6.04. The van der Waals surface area contributed by atoms with Crippen LogP contribution in [0.25, 0.3) is 5.65 Å². The summed E-state index contributed by atoms with van der Waals surface area (Å²) in [6.07, 6.45) is 3.48. The normalized spacial score (nSPS) is 11.3. The largest absolute Gasteiger partial charge is 0.295 e. The molecule has 0 spiro atoms. The van der Waals surface area contributed by atoms with Gasteiger partial charge in [0.15, 0.2) is 0 Å². The highest BCUT2D eigenvalue weighted by Crippen LogP contribution is 2.13. The molecule has 0 atom stereocenters. The van der Waals surface area contributed by atoms with Gasteiger partial charge in [0.1, 0.15) is 11.3 Å². The zero-order chi connectivity index (χ0) is 16.4. The van der Waals surface area contributed by atoms with Gasteiger partial charge in [0.2, 0.25) is 0 Å². The summed E-state index contributed by atoms with van der Waals surface area (Å²) in [6.45, 7) is 5.84. The Bertz CT molecular complexity index is 891. The highest BCUT2D eigenvalue weighted by molar-refractivity contribution is 5.95. The average molecular weight is 306 g/mol. The number of nitrogens with zero attached hydrogens (tertiary/aromatic N) is 3. The van der Waals surface area contributed by atoms with Gasteiger partial charge in [-0.1, -0.05) is 29.8 Å². The van der Waals surface area contributed by atoms with E-state index in [4.69, 9.17) is 0 Å². The predicted molar refractivity (Wildman–Crippen MR) is 90.9 cm³/mol. The Labute approximate surface area is 134 Å². The average Bonchev–Trinajstić information content (AvgIpc) is 2.84. The van der Waals surface area contributed by atoms with Gasteiger partial charge in [0.25, 0.3) is 5.91 Å². The molecule has 0 fully saturated rings. The fourth-order valence-electron chi connectivity index (χ4n) is 2.41. The monoisotopic (exact) mass is 306 g/mol. The first-order valence-electron chi connectivity index (χ1n) is 7.40. The van der Waals surface area contributed by atoms with Crippen molar-refractivity contribution in [2.24, 2.45) is 5.10 Å². The van der Waals surface area contributed by atoms with Crippen LogP contribution >= 0.6 is 0 Å². The maximum atomic E-state index is 12.4. The Hall–Kier alpha value is -2.95. The van der Waals surface area contributed by atoms with Crippen molar-refractivity contribution >= 4 is 17.8 Å². The SMILES string of the molecule is Cc1ccc(C=NNC(=O)c2c(C)nc3cc(C)ccn23)cc1. The van der Waals surface area contributed by atoms with Crippen molar-refractivity contribution in [3.8, 4) is 0 Å². The second-order valence-corrected chi connectivity index (χ2v) is 5.59. The molecule has 0 saturated heterocycles. The number of aromatic nitrogens is 2. The number of hydrazone groups is 1. The van der Waals surface area contributed by atoms with E-state index in [0.717, 1.165) is 16.8 Å². The van der Waals surface area contributed by atoms with Gasteiger partial charge in [0, 0.05) is 6.20 Å². The molecule has 2 aromatic heterocycles. The molecule has 2 heterocycles.